The molecule has 0 saturated heterocycles. The smallest absolute Gasteiger partial charge is 0.290 e. The zero-order valence-corrected chi connectivity index (χ0v) is 17.3. The number of carbonyl (C=O) groups is 2. The molecule has 0 radical (unpaired) electrons. The monoisotopic (exact) mass is 421 g/mol. The third-order valence-corrected chi connectivity index (χ3v) is 5.33. The molecule has 0 unspecified atom stereocenters. The van der Waals surface area contributed by atoms with Gasteiger partial charge in [-0.05, 0) is 12.5 Å². The number of aryl methyl sites for hydroxylation is 2. The molecule has 31 heavy (non-hydrogen) atoms. The average Bonchev–Trinajstić information content (AvgIpc) is 3.45. The Balaban J connectivity index is 0.000000730. The van der Waals surface area contributed by atoms with E-state index in [2.05, 4.69) is 27.3 Å². The molecule has 1 aromatic carbocycles. The number of hydrogen-bond acceptors (Lipinski definition) is 5. The summed E-state index contributed by atoms with van der Waals surface area (Å²) >= 11 is 0. The molecule has 10 nitrogen and oxygen atoms in total. The van der Waals surface area contributed by atoms with Crippen LogP contribution in [0.15, 0.2) is 48.9 Å². The van der Waals surface area contributed by atoms with Crippen molar-refractivity contribution >= 4 is 18.0 Å². The number of fused-ring (bicyclic) bond motifs is 2. The van der Waals surface area contributed by atoms with Gasteiger partial charge in [0.25, 0.3) is 12.4 Å². The first-order chi connectivity index (χ1) is 15.0. The van der Waals surface area contributed by atoms with Gasteiger partial charge in [-0.1, -0.05) is 30.3 Å². The zero-order valence-electron chi connectivity index (χ0n) is 17.3. The maximum absolute atomic E-state index is 13.5. The summed E-state index contributed by atoms with van der Waals surface area (Å²) in [6.45, 7) is 2.88. The van der Waals surface area contributed by atoms with E-state index in [0.29, 0.717) is 25.1 Å². The minimum absolute atomic E-state index is 0.0235. The summed E-state index contributed by atoms with van der Waals surface area (Å²) in [5.74, 6) is 1.55. The molecule has 10 heteroatoms. The van der Waals surface area contributed by atoms with Gasteiger partial charge in [-0.2, -0.15) is 10.2 Å². The molecule has 0 fully saturated rings. The van der Waals surface area contributed by atoms with Crippen molar-refractivity contribution in [2.24, 2.45) is 7.05 Å². The minimum Gasteiger partial charge on any atom is -0.483 e. The van der Waals surface area contributed by atoms with Crippen molar-refractivity contribution in [1.82, 2.24) is 33.8 Å². The number of nitrogens with zero attached hydrogens (tertiary/aromatic N) is 7. The van der Waals surface area contributed by atoms with Crippen LogP contribution in [-0.2, 0) is 24.8 Å². The van der Waals surface area contributed by atoms with E-state index < -0.39 is 0 Å². The van der Waals surface area contributed by atoms with Crippen molar-refractivity contribution in [3.05, 3.63) is 71.7 Å². The minimum atomic E-state index is -0.250. The number of benzene rings is 1. The van der Waals surface area contributed by atoms with E-state index in [-0.39, 0.29) is 18.4 Å². The van der Waals surface area contributed by atoms with Crippen molar-refractivity contribution in [2.45, 2.75) is 25.9 Å². The normalized spacial score (nSPS) is 15.3. The molecule has 1 N–H and O–H groups in total. The van der Waals surface area contributed by atoms with E-state index in [1.165, 1.54) is 5.56 Å². The van der Waals surface area contributed by atoms with Crippen LogP contribution in [0, 0.1) is 6.92 Å². The fourth-order valence-corrected chi connectivity index (χ4v) is 4.02. The first kappa shape index (κ1) is 20.3. The van der Waals surface area contributed by atoms with Gasteiger partial charge in [0.2, 0.25) is 0 Å². The predicted octanol–water partition coefficient (Wildman–Crippen LogP) is 1.71. The van der Waals surface area contributed by atoms with Gasteiger partial charge >= 0.3 is 0 Å². The topological polar surface area (TPSA) is 111 Å². The highest BCUT2D eigenvalue weighted by Gasteiger charge is 2.35. The Bertz CT molecular complexity index is 1210. The van der Waals surface area contributed by atoms with Crippen LogP contribution in [0.2, 0.25) is 0 Å². The molecule has 3 aromatic heterocycles. The second kappa shape index (κ2) is 8.42. The SMILES string of the molecule is Cc1nc2n(n1)CCN(C(=O)c1cnn3ccn(C)c13)[C@H]2Cc1ccccc1.O=CO. The maximum Gasteiger partial charge on any atom is 0.290 e. The molecule has 1 aliphatic heterocycles. The fourth-order valence-electron chi connectivity index (χ4n) is 4.02. The van der Waals surface area contributed by atoms with Gasteiger partial charge in [-0.25, -0.2) is 14.2 Å². The van der Waals surface area contributed by atoms with Crippen molar-refractivity contribution in [1.29, 1.82) is 0 Å². The second-order valence-electron chi connectivity index (χ2n) is 7.29. The summed E-state index contributed by atoms with van der Waals surface area (Å²) in [5.41, 5.74) is 2.57. The van der Waals surface area contributed by atoms with Crippen LogP contribution in [0.5, 0.6) is 0 Å². The van der Waals surface area contributed by atoms with E-state index in [0.717, 1.165) is 17.3 Å². The highest BCUT2D eigenvalue weighted by molar-refractivity contribution is 6.00. The summed E-state index contributed by atoms with van der Waals surface area (Å²) in [5, 5.41) is 15.7. The first-order valence-electron chi connectivity index (χ1n) is 9.86. The van der Waals surface area contributed by atoms with E-state index in [1.54, 1.807) is 10.7 Å². The lowest BCUT2D eigenvalue weighted by Crippen LogP contribution is -2.43. The van der Waals surface area contributed by atoms with Gasteiger partial charge in [0.05, 0.1) is 18.8 Å². The summed E-state index contributed by atoms with van der Waals surface area (Å²) in [6, 6.07) is 10.0. The van der Waals surface area contributed by atoms with Gasteiger partial charge in [0, 0.05) is 32.4 Å². The number of rotatable bonds is 3. The Morgan fingerprint density at radius 1 is 1.23 bits per heavy atom. The van der Waals surface area contributed by atoms with E-state index in [1.807, 2.05) is 58.7 Å². The van der Waals surface area contributed by atoms with Crippen LogP contribution in [0.1, 0.15) is 33.6 Å². The van der Waals surface area contributed by atoms with E-state index in [9.17, 15) is 4.79 Å². The number of hydrogen-bond donors (Lipinski definition) is 1. The van der Waals surface area contributed by atoms with Crippen molar-refractivity contribution in [3.63, 3.8) is 0 Å². The lowest BCUT2D eigenvalue weighted by molar-refractivity contribution is -0.122. The second-order valence-corrected chi connectivity index (χ2v) is 7.29. The molecular weight excluding hydrogens is 398 g/mol. The Hall–Kier alpha value is -3.95. The Labute approximate surface area is 178 Å². The van der Waals surface area contributed by atoms with Gasteiger partial charge in [-0.15, -0.1) is 0 Å². The molecular formula is C21H23N7O3. The molecule has 0 saturated carbocycles. The molecule has 4 aromatic rings. The Morgan fingerprint density at radius 3 is 2.71 bits per heavy atom. The maximum atomic E-state index is 13.5. The molecule has 0 bridgehead atoms. The molecule has 5 rings (SSSR count). The number of amides is 1. The van der Waals surface area contributed by atoms with Gasteiger partial charge in [-0.3, -0.25) is 9.59 Å². The zero-order chi connectivity index (χ0) is 22.0. The average molecular weight is 421 g/mol. The van der Waals surface area contributed by atoms with Crippen LogP contribution in [0.3, 0.4) is 0 Å². The number of carboxylic acid groups (broad SMARTS) is 1. The van der Waals surface area contributed by atoms with Gasteiger partial charge < -0.3 is 14.6 Å². The molecule has 160 valence electrons. The summed E-state index contributed by atoms with van der Waals surface area (Å²) < 4.78 is 5.59. The van der Waals surface area contributed by atoms with Crippen LogP contribution in [0.25, 0.3) is 5.65 Å². The van der Waals surface area contributed by atoms with Crippen LogP contribution in [-0.4, -0.2) is 57.9 Å². The highest BCUT2D eigenvalue weighted by atomic mass is 16.3. The summed E-state index contributed by atoms with van der Waals surface area (Å²) in [7, 11) is 1.92. The van der Waals surface area contributed by atoms with Gasteiger partial charge in [0.15, 0.2) is 0 Å². The molecule has 1 atom stereocenters. The van der Waals surface area contributed by atoms with Crippen LogP contribution >= 0.6 is 0 Å². The van der Waals surface area contributed by atoms with E-state index >= 15 is 0 Å². The molecule has 0 spiro atoms. The fraction of sp³-hybridized carbons (Fsp3) is 0.286. The quantitative estimate of drug-likeness (QED) is 0.504. The molecule has 0 aliphatic carbocycles. The largest absolute Gasteiger partial charge is 0.483 e. The molecule has 1 amide bonds. The lowest BCUT2D eigenvalue weighted by atomic mass is 10.0. The number of imidazole rings is 1. The van der Waals surface area contributed by atoms with Crippen LogP contribution < -0.4 is 0 Å². The Morgan fingerprint density at radius 2 is 1.97 bits per heavy atom. The van der Waals surface area contributed by atoms with Crippen LogP contribution in [0.4, 0.5) is 0 Å². The molecule has 1 aliphatic rings. The number of aromatic nitrogens is 6. The lowest BCUT2D eigenvalue weighted by Gasteiger charge is -2.35. The first-order valence-corrected chi connectivity index (χ1v) is 9.86. The predicted molar refractivity (Wildman–Crippen MR) is 112 cm³/mol. The van der Waals surface area contributed by atoms with Gasteiger partial charge in [0.1, 0.15) is 22.9 Å². The van der Waals surface area contributed by atoms with Crippen molar-refractivity contribution in [2.75, 3.05) is 6.54 Å². The third kappa shape index (κ3) is 3.79. The summed E-state index contributed by atoms with van der Waals surface area (Å²) in [4.78, 5) is 28.5. The molecule has 4 heterocycles. The van der Waals surface area contributed by atoms with Crippen molar-refractivity contribution < 1.29 is 14.7 Å². The third-order valence-electron chi connectivity index (χ3n) is 5.33. The van der Waals surface area contributed by atoms with Crippen molar-refractivity contribution in [3.8, 4) is 0 Å². The number of carbonyl (C=O) groups excluding carboxylic acids is 1. The highest BCUT2D eigenvalue weighted by Crippen LogP contribution is 2.30. The van der Waals surface area contributed by atoms with E-state index in [4.69, 9.17) is 9.90 Å². The Kier molecular flexibility index (Phi) is 5.52. The standard InChI is InChI=1S/C20H21N7O.CH2O2/c1-14-22-18-17(12-15-6-4-3-5-7-15)25(9-11-26(18)23-14)20(28)16-13-21-27-10-8-24(2)19(16)27;2-1-3/h3-8,10,13,17H,9,11-12H2,1-2H3;1H,(H,2,3)/t17-;/m0./s1. The summed E-state index contributed by atoms with van der Waals surface area (Å²) in [6.07, 6.45) is 6.10.